The number of carbonyl (C=O) groups is 1. The van der Waals surface area contributed by atoms with Crippen molar-refractivity contribution in [2.75, 3.05) is 46.3 Å². The number of hydrogen-bond acceptors (Lipinski definition) is 7. The number of rotatable bonds is 7. The second-order valence-corrected chi connectivity index (χ2v) is 7.06. The molecule has 1 fully saturated rings. The number of morpholine rings is 1. The van der Waals surface area contributed by atoms with Crippen LogP contribution < -0.4 is 0 Å². The molecule has 25 heavy (non-hydrogen) atoms. The Morgan fingerprint density at radius 2 is 1.92 bits per heavy atom. The van der Waals surface area contributed by atoms with Crippen molar-refractivity contribution in [3.05, 3.63) is 29.8 Å². The van der Waals surface area contributed by atoms with Crippen LogP contribution in [0.4, 0.5) is 0 Å². The Bertz CT molecular complexity index is 596. The summed E-state index contributed by atoms with van der Waals surface area (Å²) >= 11 is 1.69. The van der Waals surface area contributed by atoms with Crippen LogP contribution in [-0.2, 0) is 19.1 Å². The van der Waals surface area contributed by atoms with E-state index in [-0.39, 0.29) is 12.1 Å². The summed E-state index contributed by atoms with van der Waals surface area (Å²) in [5, 5.41) is 4.31. The fraction of sp³-hybridized carbons (Fsp3) is 0.556. The fourth-order valence-corrected chi connectivity index (χ4v) is 3.16. The van der Waals surface area contributed by atoms with Gasteiger partial charge in [-0.2, -0.15) is 0 Å². The number of methoxy groups -OCH3 is 1. The monoisotopic (exact) mass is 366 g/mol. The number of hydrogen-bond donors (Lipinski definition) is 0. The molecule has 1 heterocycles. The summed E-state index contributed by atoms with van der Waals surface area (Å²) in [5.74, 6) is -0.454. The van der Waals surface area contributed by atoms with Crippen molar-refractivity contribution in [2.45, 2.75) is 24.3 Å². The van der Waals surface area contributed by atoms with Crippen LogP contribution in [0.25, 0.3) is 0 Å². The minimum Gasteiger partial charge on any atom is -0.466 e. The first-order valence-corrected chi connectivity index (χ1v) is 9.46. The number of benzene rings is 1. The van der Waals surface area contributed by atoms with Crippen molar-refractivity contribution < 1.29 is 19.1 Å². The molecule has 1 aliphatic rings. The summed E-state index contributed by atoms with van der Waals surface area (Å²) in [7, 11) is 1.33. The van der Waals surface area contributed by atoms with Crippen LogP contribution in [0.5, 0.6) is 0 Å². The number of ether oxygens (including phenoxy) is 2. The molecule has 0 unspecified atom stereocenters. The fourth-order valence-electron chi connectivity index (χ4n) is 2.75. The molecule has 2 rings (SSSR count). The first kappa shape index (κ1) is 19.8. The number of esters is 1. The normalized spacial score (nSPS) is 16.6. The molecular formula is C18H26N2O4S. The molecule has 1 aromatic rings. The van der Waals surface area contributed by atoms with Gasteiger partial charge in [-0.25, -0.2) is 4.79 Å². The van der Waals surface area contributed by atoms with E-state index in [0.29, 0.717) is 13.2 Å². The van der Waals surface area contributed by atoms with E-state index in [9.17, 15) is 4.79 Å². The Morgan fingerprint density at radius 1 is 1.28 bits per heavy atom. The molecule has 0 bridgehead atoms. The first-order valence-electron chi connectivity index (χ1n) is 8.23. The Morgan fingerprint density at radius 3 is 2.48 bits per heavy atom. The van der Waals surface area contributed by atoms with Crippen LogP contribution in [0.2, 0.25) is 0 Å². The summed E-state index contributed by atoms with van der Waals surface area (Å²) in [5.41, 5.74) is 1.39. The minimum atomic E-state index is -0.454. The van der Waals surface area contributed by atoms with E-state index in [2.05, 4.69) is 40.8 Å². The zero-order chi connectivity index (χ0) is 18.3. The van der Waals surface area contributed by atoms with E-state index in [1.165, 1.54) is 12.0 Å². The Labute approximate surface area is 153 Å². The highest BCUT2D eigenvalue weighted by atomic mass is 32.2. The smallest absolute Gasteiger partial charge is 0.346 e. The molecule has 7 heteroatoms. The number of oxime groups is 1. The van der Waals surface area contributed by atoms with Crippen molar-refractivity contribution in [1.82, 2.24) is 4.90 Å². The number of carbonyl (C=O) groups excluding carboxylic acids is 1. The second kappa shape index (κ2) is 9.22. The average Bonchev–Trinajstić information content (AvgIpc) is 2.65. The van der Waals surface area contributed by atoms with Gasteiger partial charge in [-0.1, -0.05) is 17.3 Å². The van der Waals surface area contributed by atoms with Crippen LogP contribution in [0.3, 0.4) is 0 Å². The van der Waals surface area contributed by atoms with Crippen LogP contribution >= 0.6 is 11.8 Å². The topological polar surface area (TPSA) is 60.4 Å². The summed E-state index contributed by atoms with van der Waals surface area (Å²) in [6.07, 6.45) is 2.04. The molecule has 6 nitrogen and oxygen atoms in total. The lowest BCUT2D eigenvalue weighted by Gasteiger charge is -2.41. The lowest BCUT2D eigenvalue weighted by molar-refractivity contribution is -0.145. The zero-order valence-electron chi connectivity index (χ0n) is 15.3. The molecular weight excluding hydrogens is 340 g/mol. The van der Waals surface area contributed by atoms with E-state index in [1.807, 2.05) is 18.4 Å². The van der Waals surface area contributed by atoms with Gasteiger partial charge in [0.15, 0.2) is 0 Å². The van der Waals surface area contributed by atoms with E-state index >= 15 is 0 Å². The zero-order valence-corrected chi connectivity index (χ0v) is 16.1. The van der Waals surface area contributed by atoms with Crippen molar-refractivity contribution in [2.24, 2.45) is 5.16 Å². The Balaban J connectivity index is 2.29. The first-order chi connectivity index (χ1) is 12.0. The third-order valence-corrected chi connectivity index (χ3v) is 5.05. The summed E-state index contributed by atoms with van der Waals surface area (Å²) < 4.78 is 10.1. The average molecular weight is 366 g/mol. The highest BCUT2D eigenvalue weighted by molar-refractivity contribution is 7.98. The molecule has 0 radical (unpaired) electrons. The molecule has 0 aliphatic carbocycles. The molecule has 1 aliphatic heterocycles. The standard InChI is InChI=1S/C18H26N2O4S/c1-18(2,20-9-11-23-12-10-20)17(19-24-13-16(21)22-3)14-5-7-15(25-4)8-6-14/h5-8H,9-13H2,1-4H3/b19-17+. The van der Waals surface area contributed by atoms with E-state index < -0.39 is 5.97 Å². The molecule has 0 atom stereocenters. The summed E-state index contributed by atoms with van der Waals surface area (Å²) in [6, 6.07) is 8.19. The molecule has 0 spiro atoms. The maximum atomic E-state index is 11.3. The maximum Gasteiger partial charge on any atom is 0.346 e. The SMILES string of the molecule is COC(=O)CO/N=C(\c1ccc(SC)cc1)C(C)(C)N1CCOCC1. The molecule has 1 saturated heterocycles. The van der Waals surface area contributed by atoms with E-state index in [4.69, 9.17) is 9.57 Å². The number of nitrogens with zero attached hydrogens (tertiary/aromatic N) is 2. The highest BCUT2D eigenvalue weighted by Crippen LogP contribution is 2.24. The van der Waals surface area contributed by atoms with Gasteiger partial charge in [-0.05, 0) is 32.2 Å². The van der Waals surface area contributed by atoms with Crippen molar-refractivity contribution in [3.63, 3.8) is 0 Å². The van der Waals surface area contributed by atoms with Gasteiger partial charge in [0.2, 0.25) is 6.61 Å². The van der Waals surface area contributed by atoms with Gasteiger partial charge in [0.25, 0.3) is 0 Å². The van der Waals surface area contributed by atoms with Crippen molar-refractivity contribution in [3.8, 4) is 0 Å². The molecule has 0 aromatic heterocycles. The molecule has 0 N–H and O–H groups in total. The van der Waals surface area contributed by atoms with Crippen LogP contribution in [0.1, 0.15) is 19.4 Å². The molecule has 1 aromatic carbocycles. The predicted octanol–water partition coefficient (Wildman–Crippen LogP) is 2.41. The Kier molecular flexibility index (Phi) is 7.28. The van der Waals surface area contributed by atoms with Gasteiger partial charge >= 0.3 is 5.97 Å². The third kappa shape index (κ3) is 5.20. The van der Waals surface area contributed by atoms with Gasteiger partial charge in [0, 0.05) is 23.5 Å². The van der Waals surface area contributed by atoms with Gasteiger partial charge in [0.1, 0.15) is 5.71 Å². The predicted molar refractivity (Wildman–Crippen MR) is 99.2 cm³/mol. The highest BCUT2D eigenvalue weighted by Gasteiger charge is 2.35. The maximum absolute atomic E-state index is 11.3. The Hall–Kier alpha value is -1.57. The summed E-state index contributed by atoms with van der Waals surface area (Å²) in [6.45, 7) is 7.07. The minimum absolute atomic E-state index is 0.206. The van der Waals surface area contributed by atoms with Gasteiger partial charge < -0.3 is 14.3 Å². The third-order valence-electron chi connectivity index (χ3n) is 4.31. The second-order valence-electron chi connectivity index (χ2n) is 6.18. The van der Waals surface area contributed by atoms with Crippen molar-refractivity contribution >= 4 is 23.4 Å². The lowest BCUT2D eigenvalue weighted by atomic mass is 9.90. The van der Waals surface area contributed by atoms with Crippen molar-refractivity contribution in [1.29, 1.82) is 0 Å². The van der Waals surface area contributed by atoms with Gasteiger partial charge in [-0.15, -0.1) is 11.8 Å². The van der Waals surface area contributed by atoms with E-state index in [0.717, 1.165) is 24.4 Å². The van der Waals surface area contributed by atoms with Gasteiger partial charge in [0.05, 0.1) is 25.9 Å². The number of thioether (sulfide) groups is 1. The largest absolute Gasteiger partial charge is 0.466 e. The molecule has 138 valence electrons. The summed E-state index contributed by atoms with van der Waals surface area (Å²) in [4.78, 5) is 20.1. The van der Waals surface area contributed by atoms with Crippen LogP contribution in [0, 0.1) is 0 Å². The van der Waals surface area contributed by atoms with Gasteiger partial charge in [-0.3, -0.25) is 4.90 Å². The van der Waals surface area contributed by atoms with Crippen LogP contribution in [0.15, 0.2) is 34.3 Å². The van der Waals surface area contributed by atoms with E-state index in [1.54, 1.807) is 11.8 Å². The quantitative estimate of drug-likeness (QED) is 0.320. The lowest BCUT2D eigenvalue weighted by Crippen LogP contribution is -2.54. The molecule has 0 saturated carbocycles. The van der Waals surface area contributed by atoms with Crippen LogP contribution in [-0.4, -0.2) is 68.4 Å². The molecule has 0 amide bonds.